The molecule has 0 radical (unpaired) electrons. The van der Waals surface area contributed by atoms with E-state index in [1.165, 1.54) is 76.8 Å². The first-order chi connectivity index (χ1) is 29.3. The number of para-hydroxylation sites is 4. The zero-order valence-electron chi connectivity index (χ0n) is 34.5. The molecule has 0 saturated heterocycles. The molecule has 0 saturated carbocycles. The lowest BCUT2D eigenvalue weighted by Crippen LogP contribution is -2.56. The molecule has 2 nitrogen and oxygen atoms in total. The maximum Gasteiger partial charge on any atom is 0.113 e. The third-order valence-corrected chi connectivity index (χ3v) is 20.2. The first-order valence-electron chi connectivity index (χ1n) is 21.1. The largest absolute Gasteiger partial charge is 0.311 e. The fourth-order valence-corrected chi connectivity index (χ4v) is 16.4. The van der Waals surface area contributed by atoms with E-state index < -0.39 is 16.1 Å². The van der Waals surface area contributed by atoms with Crippen LogP contribution in [0.2, 0.25) is 26.2 Å². The van der Waals surface area contributed by atoms with Gasteiger partial charge in [0.1, 0.15) is 16.1 Å². The topological polar surface area (TPSA) is 6.48 Å². The van der Waals surface area contributed by atoms with E-state index in [-0.39, 0.29) is 0 Å². The van der Waals surface area contributed by atoms with Crippen LogP contribution in [0.15, 0.2) is 206 Å². The smallest absolute Gasteiger partial charge is 0.113 e. The minimum absolute atomic E-state index is 1.14. The minimum Gasteiger partial charge on any atom is -0.311 e. The van der Waals surface area contributed by atoms with Crippen LogP contribution in [0, 0.1) is 0 Å². The van der Waals surface area contributed by atoms with Crippen molar-refractivity contribution >= 4 is 81.8 Å². The highest BCUT2D eigenvalue weighted by Crippen LogP contribution is 2.44. The van der Waals surface area contributed by atoms with Gasteiger partial charge in [0.05, 0.1) is 0 Å². The Labute approximate surface area is 355 Å². The molecule has 0 spiro atoms. The summed E-state index contributed by atoms with van der Waals surface area (Å²) in [6, 6.07) is 76.4. The molecule has 0 aromatic heterocycles. The van der Waals surface area contributed by atoms with Crippen LogP contribution in [0.25, 0.3) is 44.2 Å². The van der Waals surface area contributed by atoms with Gasteiger partial charge < -0.3 is 9.80 Å². The van der Waals surface area contributed by atoms with Crippen LogP contribution in [-0.4, -0.2) is 16.1 Å². The summed E-state index contributed by atoms with van der Waals surface area (Å²) in [4.78, 5) is 4.73. The lowest BCUT2D eigenvalue weighted by atomic mass is 9.90. The van der Waals surface area contributed by atoms with E-state index >= 15 is 0 Å². The van der Waals surface area contributed by atoms with Crippen LogP contribution in [0.5, 0.6) is 0 Å². The van der Waals surface area contributed by atoms with Crippen LogP contribution in [-0.2, 0) is 0 Å². The molecule has 0 amide bonds. The normalized spacial score (nSPS) is 13.9. The molecule has 0 bridgehead atoms. The van der Waals surface area contributed by atoms with Crippen molar-refractivity contribution in [2.75, 3.05) is 9.80 Å². The number of nitrogens with zero attached hydrogens (tertiary/aromatic N) is 2. The molecule has 2 heterocycles. The Morgan fingerprint density at radius 1 is 0.300 bits per heavy atom. The first-order valence-corrected chi connectivity index (χ1v) is 27.1. The van der Waals surface area contributed by atoms with E-state index in [4.69, 9.17) is 0 Å². The van der Waals surface area contributed by atoms with Gasteiger partial charge in [0.15, 0.2) is 0 Å². The number of benzene rings is 9. The predicted molar refractivity (Wildman–Crippen MR) is 263 cm³/mol. The monoisotopic (exact) mass is 802 g/mol. The summed E-state index contributed by atoms with van der Waals surface area (Å²) in [7, 11) is -4.23. The molecule has 9 aromatic carbocycles. The van der Waals surface area contributed by atoms with Gasteiger partial charge in [0.25, 0.3) is 0 Å². The summed E-state index contributed by atoms with van der Waals surface area (Å²) in [5, 5.41) is 9.02. The van der Waals surface area contributed by atoms with E-state index in [9.17, 15) is 0 Å². The maximum absolute atomic E-state index is 2.62. The van der Waals surface area contributed by atoms with Gasteiger partial charge in [-0.05, 0) is 138 Å². The second-order valence-corrected chi connectivity index (χ2v) is 26.0. The third kappa shape index (κ3) is 5.66. The minimum atomic E-state index is -2.13. The average molecular weight is 803 g/mol. The molecule has 2 aliphatic rings. The Balaban J connectivity index is 1.01. The quantitative estimate of drug-likeness (QED) is 0.148. The molecular weight excluding hydrogens is 757 g/mol. The van der Waals surface area contributed by atoms with E-state index in [0.29, 0.717) is 0 Å². The summed E-state index contributed by atoms with van der Waals surface area (Å²) in [5.74, 6) is 0. The van der Waals surface area contributed by atoms with Gasteiger partial charge in [-0.1, -0.05) is 160 Å². The molecule has 11 rings (SSSR count). The number of anilines is 6. The van der Waals surface area contributed by atoms with Gasteiger partial charge in [-0.3, -0.25) is 0 Å². The zero-order chi connectivity index (χ0) is 40.6. The van der Waals surface area contributed by atoms with Crippen LogP contribution >= 0.6 is 0 Å². The van der Waals surface area contributed by atoms with Gasteiger partial charge >= 0.3 is 0 Å². The molecule has 60 heavy (non-hydrogen) atoms. The predicted octanol–water partition coefficient (Wildman–Crippen LogP) is 13.1. The molecule has 0 fully saturated rings. The lowest BCUT2D eigenvalue weighted by molar-refractivity contribution is 1.28. The summed E-state index contributed by atoms with van der Waals surface area (Å²) < 4.78 is 0. The van der Waals surface area contributed by atoms with Crippen molar-refractivity contribution < 1.29 is 0 Å². The summed E-state index contributed by atoms with van der Waals surface area (Å²) in [6.07, 6.45) is 0. The Morgan fingerprint density at radius 3 is 1.32 bits per heavy atom. The van der Waals surface area contributed by atoms with Crippen molar-refractivity contribution in [3.63, 3.8) is 0 Å². The number of hydrogen-bond donors (Lipinski definition) is 0. The van der Waals surface area contributed by atoms with E-state index in [0.717, 1.165) is 17.1 Å². The second-order valence-electron chi connectivity index (χ2n) is 17.4. The van der Waals surface area contributed by atoms with Gasteiger partial charge in [0.2, 0.25) is 0 Å². The Bertz CT molecular complexity index is 2990. The van der Waals surface area contributed by atoms with E-state index in [1.807, 2.05) is 0 Å². The highest BCUT2D eigenvalue weighted by Gasteiger charge is 2.42. The van der Waals surface area contributed by atoms with Crippen molar-refractivity contribution in [1.82, 2.24) is 0 Å². The van der Waals surface area contributed by atoms with Gasteiger partial charge in [-0.15, -0.1) is 0 Å². The van der Waals surface area contributed by atoms with Crippen molar-refractivity contribution in [1.29, 1.82) is 0 Å². The molecule has 2 aliphatic heterocycles. The van der Waals surface area contributed by atoms with Crippen molar-refractivity contribution in [3.05, 3.63) is 206 Å². The molecular formula is C56H46N2Si2. The summed E-state index contributed by atoms with van der Waals surface area (Å²) in [6.45, 7) is 10.2. The summed E-state index contributed by atoms with van der Waals surface area (Å²) >= 11 is 0. The first kappa shape index (κ1) is 36.4. The average Bonchev–Trinajstić information content (AvgIpc) is 3.52. The zero-order valence-corrected chi connectivity index (χ0v) is 36.5. The van der Waals surface area contributed by atoms with Crippen LogP contribution in [0.3, 0.4) is 0 Å². The van der Waals surface area contributed by atoms with Crippen molar-refractivity contribution in [3.8, 4) is 33.4 Å². The standard InChI is InChI=1S/C56H46N2Si2/c1-59(2)51-27-17-26-49-55-48-34-30-40(39-28-31-45(32-29-39)57(41-18-9-5-10-19-41)42-20-11-6-12-21-42)36-52(48)60(3,4)54(55)38-50(56(49)51)47-35-33-46(37-53(47)59)58(43-22-13-7-14-23-43)44-24-15-8-16-25-44/h5-38H,1-4H3. The van der Waals surface area contributed by atoms with Gasteiger partial charge in [-0.2, -0.15) is 0 Å². The fourth-order valence-electron chi connectivity index (χ4n) is 10.2. The molecule has 0 aliphatic carbocycles. The lowest BCUT2D eigenvalue weighted by Gasteiger charge is -2.36. The Morgan fingerprint density at radius 2 is 0.750 bits per heavy atom. The van der Waals surface area contributed by atoms with Crippen LogP contribution < -0.4 is 30.5 Å². The number of hydrogen-bond acceptors (Lipinski definition) is 2. The Hall–Kier alpha value is -6.73. The Kier molecular flexibility index (Phi) is 8.45. The molecule has 0 unspecified atom stereocenters. The SMILES string of the molecule is C[Si]1(C)c2cc(-c3ccc(N(c4ccccc4)c4ccccc4)cc3)ccc2-c2c1cc1c3c(cccc23)[Si](C)(C)c2cc(N(c3ccccc3)c3ccccc3)ccc2-1. The van der Waals surface area contributed by atoms with Crippen molar-refractivity contribution in [2.24, 2.45) is 0 Å². The fraction of sp³-hybridized carbons (Fsp3) is 0.0714. The van der Waals surface area contributed by atoms with Gasteiger partial charge in [0, 0.05) is 34.1 Å². The van der Waals surface area contributed by atoms with Crippen molar-refractivity contribution in [2.45, 2.75) is 26.2 Å². The maximum atomic E-state index is 2.62. The number of fused-ring (bicyclic) bond motifs is 6. The van der Waals surface area contributed by atoms with E-state index in [1.54, 1.807) is 5.19 Å². The molecule has 9 aromatic rings. The molecule has 288 valence electrons. The highest BCUT2D eigenvalue weighted by molar-refractivity contribution is 7.05. The van der Waals surface area contributed by atoms with Crippen LogP contribution in [0.1, 0.15) is 0 Å². The highest BCUT2D eigenvalue weighted by atomic mass is 28.3. The molecule has 0 atom stereocenters. The number of rotatable bonds is 7. The second kappa shape index (κ2) is 13.9. The van der Waals surface area contributed by atoms with Gasteiger partial charge in [-0.25, -0.2) is 0 Å². The third-order valence-electron chi connectivity index (χ3n) is 13.2. The molecule has 0 N–H and O–H groups in total. The van der Waals surface area contributed by atoms with E-state index in [2.05, 4.69) is 242 Å². The molecule has 4 heteroatoms. The summed E-state index contributed by atoms with van der Waals surface area (Å²) in [5.41, 5.74) is 15.2. The van der Waals surface area contributed by atoms with Crippen LogP contribution in [0.4, 0.5) is 34.1 Å².